The van der Waals surface area contributed by atoms with Gasteiger partial charge in [0.05, 0.1) is 12.1 Å². The molecule has 0 radical (unpaired) electrons. The molecule has 0 atom stereocenters. The van der Waals surface area contributed by atoms with Crippen LogP contribution in [-0.2, 0) is 17.0 Å². The van der Waals surface area contributed by atoms with Crippen LogP contribution in [0.1, 0.15) is 11.3 Å². The Morgan fingerprint density at radius 3 is 2.56 bits per heavy atom. The lowest BCUT2D eigenvalue weighted by atomic mass is 10.2. The van der Waals surface area contributed by atoms with Gasteiger partial charge in [0, 0.05) is 22.5 Å². The molecule has 1 aromatic heterocycles. The summed E-state index contributed by atoms with van der Waals surface area (Å²) in [5, 5.41) is 3.71. The molecule has 0 aliphatic rings. The van der Waals surface area contributed by atoms with Crippen LogP contribution >= 0.6 is 23.4 Å². The van der Waals surface area contributed by atoms with Gasteiger partial charge >= 0.3 is 0 Å². The van der Waals surface area contributed by atoms with Crippen LogP contribution in [0.3, 0.4) is 0 Å². The maximum atomic E-state index is 12.9. The van der Waals surface area contributed by atoms with Gasteiger partial charge in [0.1, 0.15) is 5.82 Å². The summed E-state index contributed by atoms with van der Waals surface area (Å²) in [4.78, 5) is 30.9. The van der Waals surface area contributed by atoms with Gasteiger partial charge in [0.15, 0.2) is 5.16 Å². The Labute approximate surface area is 164 Å². The number of carbonyl (C=O) groups is 1. The van der Waals surface area contributed by atoms with Crippen molar-refractivity contribution in [2.24, 2.45) is 0 Å². The molecule has 0 aliphatic carbocycles. The largest absolute Gasteiger partial charge is 0.326 e. The second-order valence-electron chi connectivity index (χ2n) is 5.69. The van der Waals surface area contributed by atoms with E-state index in [0.717, 1.165) is 5.56 Å². The predicted molar refractivity (Wildman–Crippen MR) is 105 cm³/mol. The van der Waals surface area contributed by atoms with Gasteiger partial charge in [-0.1, -0.05) is 35.5 Å². The van der Waals surface area contributed by atoms with Crippen molar-refractivity contribution in [1.29, 1.82) is 0 Å². The first-order valence-corrected chi connectivity index (χ1v) is 9.37. The third-order valence-corrected chi connectivity index (χ3v) is 4.73. The maximum Gasteiger partial charge on any atom is 0.251 e. The summed E-state index contributed by atoms with van der Waals surface area (Å²) in [7, 11) is 0. The van der Waals surface area contributed by atoms with Gasteiger partial charge in [-0.25, -0.2) is 9.37 Å². The molecule has 2 N–H and O–H groups in total. The van der Waals surface area contributed by atoms with Crippen LogP contribution in [0.4, 0.5) is 10.1 Å². The highest BCUT2D eigenvalue weighted by molar-refractivity contribution is 7.98. The van der Waals surface area contributed by atoms with Crippen LogP contribution in [0, 0.1) is 5.82 Å². The fourth-order valence-electron chi connectivity index (χ4n) is 2.28. The van der Waals surface area contributed by atoms with Crippen LogP contribution < -0.4 is 10.9 Å². The Bertz CT molecular complexity index is 991. The fourth-order valence-corrected chi connectivity index (χ4v) is 3.25. The van der Waals surface area contributed by atoms with Gasteiger partial charge in [0.2, 0.25) is 5.91 Å². The molecule has 1 heterocycles. The van der Waals surface area contributed by atoms with E-state index >= 15 is 0 Å². The number of rotatable bonds is 6. The second-order valence-corrected chi connectivity index (χ2v) is 7.09. The van der Waals surface area contributed by atoms with E-state index in [-0.39, 0.29) is 23.7 Å². The predicted octanol–water partition coefficient (Wildman–Crippen LogP) is 4.04. The zero-order valence-electron chi connectivity index (χ0n) is 14.0. The number of nitrogens with one attached hydrogen (secondary N) is 2. The van der Waals surface area contributed by atoms with Crippen LogP contribution in [0.15, 0.2) is 64.5 Å². The van der Waals surface area contributed by atoms with Gasteiger partial charge in [-0.05, 0) is 42.0 Å². The van der Waals surface area contributed by atoms with Crippen molar-refractivity contribution in [2.75, 3.05) is 5.32 Å². The lowest BCUT2D eigenvalue weighted by Crippen LogP contribution is -2.18. The molecule has 5 nitrogen and oxygen atoms in total. The van der Waals surface area contributed by atoms with Gasteiger partial charge in [-0.15, -0.1) is 0 Å². The Balaban J connectivity index is 1.63. The van der Waals surface area contributed by atoms with Gasteiger partial charge in [0.25, 0.3) is 5.56 Å². The van der Waals surface area contributed by atoms with E-state index in [1.165, 1.54) is 30.0 Å². The minimum Gasteiger partial charge on any atom is -0.326 e. The normalized spacial score (nSPS) is 10.6. The van der Waals surface area contributed by atoms with Crippen molar-refractivity contribution in [1.82, 2.24) is 9.97 Å². The maximum absolute atomic E-state index is 12.9. The molecule has 138 valence electrons. The molecular formula is C19H15ClFN3O2S. The molecule has 3 rings (SSSR count). The number of amides is 1. The van der Waals surface area contributed by atoms with E-state index in [9.17, 15) is 14.0 Å². The quantitative estimate of drug-likeness (QED) is 0.481. The average molecular weight is 404 g/mol. The Morgan fingerprint density at radius 1 is 1.15 bits per heavy atom. The van der Waals surface area contributed by atoms with Crippen LogP contribution in [0.25, 0.3) is 0 Å². The molecule has 0 unspecified atom stereocenters. The van der Waals surface area contributed by atoms with E-state index in [1.807, 2.05) is 0 Å². The first-order valence-electron chi connectivity index (χ1n) is 8.01. The smallest absolute Gasteiger partial charge is 0.251 e. The number of benzene rings is 2. The lowest BCUT2D eigenvalue weighted by molar-refractivity contribution is -0.115. The lowest BCUT2D eigenvalue weighted by Gasteiger charge is -2.06. The Hall–Kier alpha value is -2.64. The second kappa shape index (κ2) is 8.83. The zero-order chi connectivity index (χ0) is 19.2. The third kappa shape index (κ3) is 5.94. The number of aromatic nitrogens is 2. The average Bonchev–Trinajstić information content (AvgIpc) is 2.63. The number of H-pyrrole nitrogens is 1. The molecule has 0 bridgehead atoms. The van der Waals surface area contributed by atoms with Crippen LogP contribution in [0.5, 0.6) is 0 Å². The summed E-state index contributed by atoms with van der Waals surface area (Å²) in [6.07, 6.45) is -0.0311. The number of carbonyl (C=O) groups excluding carboxylic acids is 1. The number of hydrogen-bond acceptors (Lipinski definition) is 4. The number of aromatic amines is 1. The van der Waals surface area contributed by atoms with Crippen molar-refractivity contribution in [2.45, 2.75) is 17.3 Å². The number of hydrogen-bond donors (Lipinski definition) is 2. The molecule has 0 spiro atoms. The Kier molecular flexibility index (Phi) is 6.26. The topological polar surface area (TPSA) is 74.8 Å². The summed E-state index contributed by atoms with van der Waals surface area (Å²) < 4.78 is 12.9. The van der Waals surface area contributed by atoms with Crippen molar-refractivity contribution in [3.8, 4) is 0 Å². The minimum atomic E-state index is -0.333. The molecule has 0 aliphatic heterocycles. The summed E-state index contributed by atoms with van der Waals surface area (Å²) in [6, 6.07) is 14.1. The number of anilines is 1. The molecular weight excluding hydrogens is 389 g/mol. The standard InChI is InChI=1S/C19H15ClFN3O2S/c20-13-3-7-15(8-4-13)22-17(25)9-16-10-18(26)24-19(23-16)27-11-12-1-5-14(21)6-2-12/h1-8,10H,9,11H2,(H,22,25)(H,23,24,26). The molecule has 8 heteroatoms. The summed E-state index contributed by atoms with van der Waals surface area (Å²) >= 11 is 7.12. The van der Waals surface area contributed by atoms with E-state index in [4.69, 9.17) is 11.6 Å². The summed E-state index contributed by atoms with van der Waals surface area (Å²) in [5.74, 6) is -0.0715. The monoisotopic (exact) mass is 403 g/mol. The summed E-state index contributed by atoms with van der Waals surface area (Å²) in [6.45, 7) is 0. The van der Waals surface area contributed by atoms with E-state index in [0.29, 0.717) is 27.3 Å². The zero-order valence-corrected chi connectivity index (χ0v) is 15.6. The van der Waals surface area contributed by atoms with E-state index < -0.39 is 0 Å². The third-order valence-electron chi connectivity index (χ3n) is 3.53. The van der Waals surface area contributed by atoms with Crippen molar-refractivity contribution in [3.05, 3.63) is 87.0 Å². The van der Waals surface area contributed by atoms with E-state index in [2.05, 4.69) is 15.3 Å². The van der Waals surface area contributed by atoms with Crippen molar-refractivity contribution in [3.63, 3.8) is 0 Å². The molecule has 3 aromatic rings. The van der Waals surface area contributed by atoms with Gasteiger partial charge in [-0.3, -0.25) is 9.59 Å². The molecule has 0 saturated heterocycles. The molecule has 27 heavy (non-hydrogen) atoms. The first-order chi connectivity index (χ1) is 13.0. The number of thioether (sulfide) groups is 1. The first kappa shape index (κ1) is 19.1. The van der Waals surface area contributed by atoms with Crippen molar-refractivity contribution >= 4 is 35.0 Å². The molecule has 1 amide bonds. The minimum absolute atomic E-state index is 0.0311. The van der Waals surface area contributed by atoms with Crippen LogP contribution in [-0.4, -0.2) is 15.9 Å². The molecule has 0 saturated carbocycles. The van der Waals surface area contributed by atoms with Gasteiger partial charge < -0.3 is 10.3 Å². The van der Waals surface area contributed by atoms with E-state index in [1.54, 1.807) is 36.4 Å². The number of nitrogens with zero attached hydrogens (tertiary/aromatic N) is 1. The fraction of sp³-hybridized carbons (Fsp3) is 0.105. The molecule has 0 fully saturated rings. The van der Waals surface area contributed by atoms with Gasteiger partial charge in [-0.2, -0.15) is 0 Å². The highest BCUT2D eigenvalue weighted by Gasteiger charge is 2.09. The van der Waals surface area contributed by atoms with Crippen molar-refractivity contribution < 1.29 is 9.18 Å². The highest BCUT2D eigenvalue weighted by Crippen LogP contribution is 2.19. The SMILES string of the molecule is O=C(Cc1cc(=O)[nH]c(SCc2ccc(F)cc2)n1)Nc1ccc(Cl)cc1. The highest BCUT2D eigenvalue weighted by atomic mass is 35.5. The molecule has 2 aromatic carbocycles. The summed E-state index contributed by atoms with van der Waals surface area (Å²) in [5.41, 5.74) is 1.54. The van der Waals surface area contributed by atoms with Crippen LogP contribution in [0.2, 0.25) is 5.02 Å². The number of halogens is 2. The Morgan fingerprint density at radius 2 is 1.85 bits per heavy atom.